The fourth-order valence-electron chi connectivity index (χ4n) is 7.39. The smallest absolute Gasteiger partial charge is 0.351 e. The Morgan fingerprint density at radius 1 is 1.20 bits per heavy atom. The quantitative estimate of drug-likeness (QED) is 0.215. The highest BCUT2D eigenvalue weighted by Crippen LogP contribution is 2.51. The standard InChI is InChI=1S/C30H56FN3O6/c1-11-22-30(9,38)25(36)19(3)34(10)17-20-15-28(7,40-21(20)16-33-14-12-13-32)23(27(4,5)6)18(2)24(35)29(8,31)26(37)39-22/h18-23,25,33,36,38H,11-17,32H2,1-10H3/t18-,19-,20-,21?,22-,23+,25-,28-,29+,30-/m1/s1. The van der Waals surface area contributed by atoms with Crippen LogP contribution < -0.4 is 11.1 Å². The maximum absolute atomic E-state index is 16.2. The van der Waals surface area contributed by atoms with Crippen molar-refractivity contribution in [3.05, 3.63) is 0 Å². The number of cyclic esters (lactones) is 1. The number of ketones is 1. The zero-order chi connectivity index (χ0) is 30.8. The highest BCUT2D eigenvalue weighted by molar-refractivity contribution is 6.07. The van der Waals surface area contributed by atoms with Gasteiger partial charge in [-0.2, -0.15) is 0 Å². The van der Waals surface area contributed by atoms with Crippen LogP contribution in [0.4, 0.5) is 4.39 Å². The van der Waals surface area contributed by atoms with E-state index in [-0.39, 0.29) is 18.4 Å². The van der Waals surface area contributed by atoms with E-state index in [2.05, 4.69) is 5.32 Å². The number of carbonyl (C=O) groups excluding carboxylic acids is 2. The van der Waals surface area contributed by atoms with E-state index in [1.165, 1.54) is 6.92 Å². The van der Waals surface area contributed by atoms with Crippen LogP contribution in [0.1, 0.15) is 81.6 Å². The van der Waals surface area contributed by atoms with Gasteiger partial charge in [-0.25, -0.2) is 9.18 Å². The molecule has 0 saturated carbocycles. The van der Waals surface area contributed by atoms with Gasteiger partial charge < -0.3 is 35.6 Å². The van der Waals surface area contributed by atoms with E-state index >= 15 is 4.39 Å². The van der Waals surface area contributed by atoms with Crippen LogP contribution in [0.3, 0.4) is 0 Å². The summed E-state index contributed by atoms with van der Waals surface area (Å²) in [5.41, 5.74) is -0.423. The first-order valence-corrected chi connectivity index (χ1v) is 14.9. The molecule has 234 valence electrons. The van der Waals surface area contributed by atoms with Gasteiger partial charge in [-0.15, -0.1) is 0 Å². The van der Waals surface area contributed by atoms with Gasteiger partial charge in [-0.3, -0.25) is 4.79 Å². The Kier molecular flexibility index (Phi) is 11.4. The highest BCUT2D eigenvalue weighted by Gasteiger charge is 2.58. The Morgan fingerprint density at radius 3 is 2.33 bits per heavy atom. The number of ether oxygens (including phenoxy) is 2. The molecule has 2 aliphatic rings. The van der Waals surface area contributed by atoms with Crippen molar-refractivity contribution in [2.24, 2.45) is 28.9 Å². The molecular weight excluding hydrogens is 517 g/mol. The molecule has 5 N–H and O–H groups in total. The maximum Gasteiger partial charge on any atom is 0.351 e. The number of hydrogen-bond acceptors (Lipinski definition) is 9. The normalized spacial score (nSPS) is 42.8. The Hall–Kier alpha value is -1.17. The summed E-state index contributed by atoms with van der Waals surface area (Å²) in [6.07, 6.45) is -1.19. The summed E-state index contributed by atoms with van der Waals surface area (Å²) in [4.78, 5) is 28.9. The fraction of sp³-hybridized carbons (Fsp3) is 0.933. The van der Waals surface area contributed by atoms with Crippen LogP contribution in [0.2, 0.25) is 0 Å². The SMILES string of the molecule is CC[C@H]1OC(=O)[C@@](C)(F)C(=O)[C@H](C)[C@@H](C(C)(C)C)[C@@]2(C)C[C@H](CN(C)[C@H](C)[C@@H](O)[C@]1(C)O)C(CNCCCN)O2. The molecule has 0 aromatic heterocycles. The number of aliphatic hydroxyl groups is 2. The first kappa shape index (κ1) is 35.0. The zero-order valence-corrected chi connectivity index (χ0v) is 26.4. The second kappa shape index (κ2) is 13.0. The van der Waals surface area contributed by atoms with Crippen LogP contribution in [-0.4, -0.2) is 101 Å². The third kappa shape index (κ3) is 7.24. The monoisotopic (exact) mass is 573 g/mol. The number of likely N-dealkylation sites (N-methyl/N-ethyl adjacent to an activating group) is 1. The van der Waals surface area contributed by atoms with Crippen LogP contribution in [-0.2, 0) is 19.1 Å². The number of halogens is 1. The van der Waals surface area contributed by atoms with Crippen LogP contribution >= 0.6 is 0 Å². The molecule has 0 radical (unpaired) electrons. The topological polar surface area (TPSA) is 134 Å². The number of nitrogens with zero attached hydrogens (tertiary/aromatic N) is 1. The molecule has 0 aliphatic carbocycles. The summed E-state index contributed by atoms with van der Waals surface area (Å²) >= 11 is 0. The summed E-state index contributed by atoms with van der Waals surface area (Å²) in [5, 5.41) is 26.1. The summed E-state index contributed by atoms with van der Waals surface area (Å²) in [5.74, 6) is -3.50. The van der Waals surface area contributed by atoms with Gasteiger partial charge in [0.15, 0.2) is 5.78 Å². The number of esters is 1. The average molecular weight is 574 g/mol. The first-order valence-electron chi connectivity index (χ1n) is 14.9. The Balaban J connectivity index is 2.65. The largest absolute Gasteiger partial charge is 0.457 e. The molecule has 9 nitrogen and oxygen atoms in total. The first-order chi connectivity index (χ1) is 18.3. The molecule has 2 fully saturated rings. The minimum absolute atomic E-state index is 0.0221. The van der Waals surface area contributed by atoms with Crippen molar-refractivity contribution in [3.8, 4) is 0 Å². The Labute approximate surface area is 240 Å². The zero-order valence-electron chi connectivity index (χ0n) is 26.4. The van der Waals surface area contributed by atoms with Crippen molar-refractivity contribution in [1.29, 1.82) is 0 Å². The van der Waals surface area contributed by atoms with Gasteiger partial charge >= 0.3 is 5.97 Å². The number of nitrogens with one attached hydrogen (secondary N) is 1. The van der Waals surface area contributed by atoms with Gasteiger partial charge in [0.1, 0.15) is 17.8 Å². The third-order valence-electron chi connectivity index (χ3n) is 9.41. The number of carbonyl (C=O) groups is 2. The summed E-state index contributed by atoms with van der Waals surface area (Å²) in [6, 6.07) is -0.527. The van der Waals surface area contributed by atoms with E-state index in [1.54, 1.807) is 20.8 Å². The molecule has 10 atom stereocenters. The van der Waals surface area contributed by atoms with Crippen molar-refractivity contribution in [2.45, 2.75) is 123 Å². The summed E-state index contributed by atoms with van der Waals surface area (Å²) in [7, 11) is 1.88. The van der Waals surface area contributed by atoms with Crippen LogP contribution in [0.25, 0.3) is 0 Å². The van der Waals surface area contributed by atoms with Crippen LogP contribution in [0.5, 0.6) is 0 Å². The average Bonchev–Trinajstić information content (AvgIpc) is 3.16. The number of alkyl halides is 1. The molecule has 2 rings (SSSR count). The Morgan fingerprint density at radius 2 is 1.80 bits per heavy atom. The van der Waals surface area contributed by atoms with Crippen LogP contribution in [0, 0.1) is 23.2 Å². The molecular formula is C30H56FN3O6. The molecule has 0 aromatic rings. The number of nitrogens with two attached hydrogens (primary N) is 1. The van der Waals surface area contributed by atoms with E-state index < -0.39 is 64.1 Å². The molecule has 2 saturated heterocycles. The van der Waals surface area contributed by atoms with Gasteiger partial charge in [0, 0.05) is 36.9 Å². The number of aliphatic hydroxyl groups excluding tert-OH is 1. The van der Waals surface area contributed by atoms with Gasteiger partial charge in [0.05, 0.1) is 11.7 Å². The lowest BCUT2D eigenvalue weighted by atomic mass is 9.62. The van der Waals surface area contributed by atoms with Gasteiger partial charge in [-0.05, 0) is 72.5 Å². The van der Waals surface area contributed by atoms with Gasteiger partial charge in [0.2, 0.25) is 0 Å². The molecule has 2 bridgehead atoms. The van der Waals surface area contributed by atoms with Crippen molar-refractivity contribution in [1.82, 2.24) is 10.2 Å². The molecule has 0 spiro atoms. The third-order valence-corrected chi connectivity index (χ3v) is 9.41. The molecule has 2 aliphatic heterocycles. The van der Waals surface area contributed by atoms with Crippen molar-refractivity contribution in [2.75, 3.05) is 33.2 Å². The molecule has 40 heavy (non-hydrogen) atoms. The second-order valence-electron chi connectivity index (χ2n) is 13.9. The van der Waals surface area contributed by atoms with Crippen molar-refractivity contribution < 1.29 is 33.7 Å². The molecule has 0 aromatic carbocycles. The van der Waals surface area contributed by atoms with Crippen LogP contribution in [0.15, 0.2) is 0 Å². The number of hydrogen-bond donors (Lipinski definition) is 4. The number of fused-ring (bicyclic) bond motifs is 2. The van der Waals surface area contributed by atoms with E-state index in [0.717, 1.165) is 19.9 Å². The maximum atomic E-state index is 16.2. The number of rotatable bonds is 6. The lowest BCUT2D eigenvalue weighted by Crippen LogP contribution is -2.60. The Bertz CT molecular complexity index is 878. The fourth-order valence-corrected chi connectivity index (χ4v) is 7.39. The van der Waals surface area contributed by atoms with Gasteiger partial charge in [-0.1, -0.05) is 34.6 Å². The minimum atomic E-state index is -2.95. The summed E-state index contributed by atoms with van der Waals surface area (Å²) in [6.45, 7) is 17.9. The van der Waals surface area contributed by atoms with E-state index in [4.69, 9.17) is 15.2 Å². The predicted molar refractivity (Wildman–Crippen MR) is 153 cm³/mol. The minimum Gasteiger partial charge on any atom is -0.457 e. The molecule has 2 heterocycles. The number of Topliss-reactive ketones (excluding diaryl/α,β-unsaturated/α-hetero) is 1. The van der Waals surface area contributed by atoms with Crippen molar-refractivity contribution >= 4 is 11.8 Å². The van der Waals surface area contributed by atoms with E-state index in [9.17, 15) is 19.8 Å². The van der Waals surface area contributed by atoms with Gasteiger partial charge in [0.25, 0.3) is 5.67 Å². The molecule has 10 heteroatoms. The van der Waals surface area contributed by atoms with E-state index in [1.807, 2.05) is 39.6 Å². The lowest BCUT2D eigenvalue weighted by Gasteiger charge is -2.46. The second-order valence-corrected chi connectivity index (χ2v) is 13.9. The molecule has 1 unspecified atom stereocenters. The molecule has 0 amide bonds. The lowest BCUT2D eigenvalue weighted by molar-refractivity contribution is -0.197. The highest BCUT2D eigenvalue weighted by atomic mass is 19.1. The summed E-state index contributed by atoms with van der Waals surface area (Å²) < 4.78 is 28.4. The predicted octanol–water partition coefficient (Wildman–Crippen LogP) is 2.45. The van der Waals surface area contributed by atoms with Crippen molar-refractivity contribution in [3.63, 3.8) is 0 Å². The van der Waals surface area contributed by atoms with E-state index in [0.29, 0.717) is 26.1 Å².